The molecule has 0 N–H and O–H groups in total. The van der Waals surface area contributed by atoms with Crippen LogP contribution in [0.1, 0.15) is 25.7 Å². The zero-order valence-corrected chi connectivity index (χ0v) is 10.3. The molecule has 2 aliphatic heterocycles. The molecule has 0 aromatic heterocycles. The topological polar surface area (TPSA) is 46.6 Å². The lowest BCUT2D eigenvalue weighted by molar-refractivity contribution is -0.0341. The molecule has 0 unspecified atom stereocenters. The SMILES string of the molecule is O=S1(=O)C[C@@]2(N3CCOCC3)CCCC[C@@H]21. The van der Waals surface area contributed by atoms with E-state index in [0.717, 1.165) is 45.6 Å². The van der Waals surface area contributed by atoms with Crippen LogP contribution in [0.3, 0.4) is 0 Å². The Labute approximate surface area is 96.9 Å². The first kappa shape index (κ1) is 11.0. The Balaban J connectivity index is 1.85. The van der Waals surface area contributed by atoms with Crippen LogP contribution in [0.5, 0.6) is 0 Å². The molecular formula is C11H19NO3S. The molecule has 2 saturated heterocycles. The lowest BCUT2D eigenvalue weighted by Crippen LogP contribution is -2.73. The van der Waals surface area contributed by atoms with Crippen molar-refractivity contribution in [3.63, 3.8) is 0 Å². The van der Waals surface area contributed by atoms with Crippen molar-refractivity contribution < 1.29 is 13.2 Å². The second kappa shape index (κ2) is 3.68. The largest absolute Gasteiger partial charge is 0.379 e. The maximum absolute atomic E-state index is 11.8. The predicted octanol–water partition coefficient (Wildman–Crippen LogP) is 0.428. The molecule has 2 atom stereocenters. The molecule has 0 spiro atoms. The standard InChI is InChI=1S/C11H19NO3S/c13-16(14)9-11(4-2-1-3-10(11)16)12-5-7-15-8-6-12/h10H,1-9H2/t10-,11-/m0/s1. The monoisotopic (exact) mass is 245 g/mol. The molecule has 0 aromatic rings. The first-order chi connectivity index (χ1) is 7.65. The maximum Gasteiger partial charge on any atom is 0.156 e. The molecule has 1 aliphatic carbocycles. The number of rotatable bonds is 1. The van der Waals surface area contributed by atoms with Crippen LogP contribution < -0.4 is 0 Å². The Hall–Kier alpha value is -0.130. The van der Waals surface area contributed by atoms with Gasteiger partial charge < -0.3 is 4.74 Å². The van der Waals surface area contributed by atoms with Gasteiger partial charge in [-0.2, -0.15) is 0 Å². The fourth-order valence-electron chi connectivity index (χ4n) is 3.68. The molecule has 3 aliphatic rings. The highest BCUT2D eigenvalue weighted by atomic mass is 32.2. The van der Waals surface area contributed by atoms with Gasteiger partial charge in [0.05, 0.1) is 29.8 Å². The van der Waals surface area contributed by atoms with Gasteiger partial charge in [-0.15, -0.1) is 0 Å². The third-order valence-electron chi connectivity index (χ3n) is 4.45. The molecule has 0 bridgehead atoms. The maximum atomic E-state index is 11.8. The number of morpholine rings is 1. The fourth-order valence-corrected chi connectivity index (χ4v) is 6.35. The summed E-state index contributed by atoms with van der Waals surface area (Å²) in [5.41, 5.74) is -0.0130. The van der Waals surface area contributed by atoms with Gasteiger partial charge in [-0.05, 0) is 12.8 Å². The van der Waals surface area contributed by atoms with Gasteiger partial charge in [0.15, 0.2) is 9.84 Å². The van der Waals surface area contributed by atoms with Crippen LogP contribution in [-0.2, 0) is 14.6 Å². The number of hydrogen-bond donors (Lipinski definition) is 0. The average molecular weight is 245 g/mol. The van der Waals surface area contributed by atoms with E-state index in [9.17, 15) is 8.42 Å². The van der Waals surface area contributed by atoms with Gasteiger partial charge >= 0.3 is 0 Å². The molecule has 0 radical (unpaired) electrons. The summed E-state index contributed by atoms with van der Waals surface area (Å²) in [7, 11) is -2.77. The number of sulfone groups is 1. The van der Waals surface area contributed by atoms with Gasteiger partial charge in [0.2, 0.25) is 0 Å². The summed E-state index contributed by atoms with van der Waals surface area (Å²) in [4.78, 5) is 2.39. The summed E-state index contributed by atoms with van der Waals surface area (Å²) in [5, 5.41) is -0.0770. The van der Waals surface area contributed by atoms with Crippen molar-refractivity contribution >= 4 is 9.84 Å². The van der Waals surface area contributed by atoms with Crippen molar-refractivity contribution in [2.75, 3.05) is 32.1 Å². The van der Waals surface area contributed by atoms with Crippen LogP contribution >= 0.6 is 0 Å². The molecule has 16 heavy (non-hydrogen) atoms. The molecule has 4 nitrogen and oxygen atoms in total. The molecular weight excluding hydrogens is 226 g/mol. The Morgan fingerprint density at radius 2 is 1.94 bits per heavy atom. The lowest BCUT2D eigenvalue weighted by Gasteiger charge is -2.58. The Morgan fingerprint density at radius 3 is 2.62 bits per heavy atom. The third kappa shape index (κ3) is 1.45. The van der Waals surface area contributed by atoms with Crippen molar-refractivity contribution in [2.45, 2.75) is 36.5 Å². The Kier molecular flexibility index (Phi) is 2.53. The van der Waals surface area contributed by atoms with E-state index in [2.05, 4.69) is 4.90 Å². The van der Waals surface area contributed by atoms with Crippen LogP contribution in [0.2, 0.25) is 0 Å². The molecule has 3 rings (SSSR count). The third-order valence-corrected chi connectivity index (χ3v) is 6.89. The van der Waals surface area contributed by atoms with Crippen molar-refractivity contribution in [1.82, 2.24) is 4.90 Å². The van der Waals surface area contributed by atoms with Gasteiger partial charge in [0.25, 0.3) is 0 Å². The number of hydrogen-bond acceptors (Lipinski definition) is 4. The highest BCUT2D eigenvalue weighted by Gasteiger charge is 2.61. The van der Waals surface area contributed by atoms with Crippen LogP contribution in [0.4, 0.5) is 0 Å². The van der Waals surface area contributed by atoms with Crippen LogP contribution in [0.15, 0.2) is 0 Å². The zero-order chi connectivity index (χ0) is 11.2. The van der Waals surface area contributed by atoms with E-state index >= 15 is 0 Å². The normalized spacial score (nSPS) is 43.4. The van der Waals surface area contributed by atoms with Gasteiger partial charge in [-0.3, -0.25) is 4.90 Å². The van der Waals surface area contributed by atoms with Gasteiger partial charge in [-0.25, -0.2) is 8.42 Å². The summed E-state index contributed by atoms with van der Waals surface area (Å²) in [6.45, 7) is 3.33. The molecule has 92 valence electrons. The van der Waals surface area contributed by atoms with E-state index in [1.165, 1.54) is 6.42 Å². The molecule has 1 saturated carbocycles. The minimum Gasteiger partial charge on any atom is -0.379 e. The van der Waals surface area contributed by atoms with Gasteiger partial charge in [-0.1, -0.05) is 12.8 Å². The lowest BCUT2D eigenvalue weighted by atomic mass is 9.80. The molecule has 5 heteroatoms. The minimum absolute atomic E-state index is 0.0130. The summed E-state index contributed by atoms with van der Waals surface area (Å²) in [6.07, 6.45) is 4.20. The molecule has 3 fully saturated rings. The fraction of sp³-hybridized carbons (Fsp3) is 1.00. The second-order valence-corrected chi connectivity index (χ2v) is 7.43. The number of ether oxygens (including phenoxy) is 1. The molecule has 0 amide bonds. The summed E-state index contributed by atoms with van der Waals surface area (Å²) in [5.74, 6) is 0.394. The van der Waals surface area contributed by atoms with E-state index < -0.39 is 9.84 Å². The minimum atomic E-state index is -2.77. The van der Waals surface area contributed by atoms with Gasteiger partial charge in [0.1, 0.15) is 0 Å². The van der Waals surface area contributed by atoms with Crippen molar-refractivity contribution in [1.29, 1.82) is 0 Å². The smallest absolute Gasteiger partial charge is 0.156 e. The average Bonchev–Trinajstić information content (AvgIpc) is 2.29. The predicted molar refractivity (Wildman–Crippen MR) is 61.2 cm³/mol. The first-order valence-corrected chi connectivity index (χ1v) is 7.91. The van der Waals surface area contributed by atoms with E-state index in [1.807, 2.05) is 0 Å². The zero-order valence-electron chi connectivity index (χ0n) is 9.52. The van der Waals surface area contributed by atoms with Crippen molar-refractivity contribution in [3.8, 4) is 0 Å². The van der Waals surface area contributed by atoms with Crippen molar-refractivity contribution in [2.24, 2.45) is 0 Å². The van der Waals surface area contributed by atoms with Crippen LogP contribution in [-0.4, -0.2) is 56.2 Å². The number of nitrogens with zero attached hydrogens (tertiary/aromatic N) is 1. The quantitative estimate of drug-likeness (QED) is 0.672. The summed E-state index contributed by atoms with van der Waals surface area (Å²) < 4.78 is 29.0. The number of fused-ring (bicyclic) bond motifs is 1. The Bertz CT molecular complexity index is 375. The van der Waals surface area contributed by atoms with Gasteiger partial charge in [0, 0.05) is 13.1 Å². The van der Waals surface area contributed by atoms with E-state index in [4.69, 9.17) is 4.74 Å². The first-order valence-electron chi connectivity index (χ1n) is 6.20. The highest BCUT2D eigenvalue weighted by Crippen LogP contribution is 2.47. The van der Waals surface area contributed by atoms with E-state index in [1.54, 1.807) is 0 Å². The Morgan fingerprint density at radius 1 is 1.19 bits per heavy atom. The molecule has 2 heterocycles. The second-order valence-electron chi connectivity index (χ2n) is 5.24. The highest BCUT2D eigenvalue weighted by molar-refractivity contribution is 7.93. The molecule has 0 aromatic carbocycles. The van der Waals surface area contributed by atoms with Crippen LogP contribution in [0, 0.1) is 0 Å². The van der Waals surface area contributed by atoms with E-state index in [0.29, 0.717) is 5.75 Å². The summed E-state index contributed by atoms with van der Waals surface area (Å²) in [6, 6.07) is 0. The van der Waals surface area contributed by atoms with Crippen molar-refractivity contribution in [3.05, 3.63) is 0 Å². The van der Waals surface area contributed by atoms with E-state index in [-0.39, 0.29) is 10.8 Å². The van der Waals surface area contributed by atoms with Crippen LogP contribution in [0.25, 0.3) is 0 Å². The summed E-state index contributed by atoms with van der Waals surface area (Å²) >= 11 is 0.